The van der Waals surface area contributed by atoms with Crippen molar-refractivity contribution in [2.24, 2.45) is 11.7 Å². The Hall–Kier alpha value is -2.23. The maximum atomic E-state index is 12.6. The third-order valence-electron chi connectivity index (χ3n) is 4.93. The second-order valence-electron chi connectivity index (χ2n) is 6.89. The van der Waals surface area contributed by atoms with Crippen molar-refractivity contribution in [2.45, 2.75) is 12.8 Å². The lowest BCUT2D eigenvalue weighted by Crippen LogP contribution is -2.46. The molecule has 30 heavy (non-hydrogen) atoms. The third-order valence-corrected chi connectivity index (χ3v) is 6.40. The summed E-state index contributed by atoms with van der Waals surface area (Å²) in [5.74, 6) is -0.808. The van der Waals surface area contributed by atoms with E-state index < -0.39 is 17.2 Å². The van der Waals surface area contributed by atoms with Gasteiger partial charge in [-0.1, -0.05) is 29.3 Å². The van der Waals surface area contributed by atoms with E-state index in [4.69, 9.17) is 28.9 Å². The van der Waals surface area contributed by atoms with E-state index in [0.717, 1.165) is 16.7 Å². The van der Waals surface area contributed by atoms with Crippen LogP contribution < -0.4 is 11.1 Å². The molecule has 0 unspecified atom stereocenters. The summed E-state index contributed by atoms with van der Waals surface area (Å²) in [4.78, 5) is 51.1. The Morgan fingerprint density at radius 1 is 1.23 bits per heavy atom. The first-order valence-electron chi connectivity index (χ1n) is 9.28. The number of nitrogens with two attached hydrogens (primary N) is 1. The van der Waals surface area contributed by atoms with Crippen LogP contribution in [0.2, 0.25) is 10.0 Å². The van der Waals surface area contributed by atoms with Gasteiger partial charge in [-0.25, -0.2) is 4.79 Å². The van der Waals surface area contributed by atoms with Gasteiger partial charge in [0.05, 0.1) is 4.91 Å². The second-order valence-corrected chi connectivity index (χ2v) is 8.73. The average Bonchev–Trinajstić information content (AvgIpc) is 2.97. The number of imide groups is 1. The van der Waals surface area contributed by atoms with Crippen LogP contribution in [-0.4, -0.2) is 59.1 Å². The number of carbonyl (C=O) groups is 4. The molecule has 1 aromatic carbocycles. The molecule has 11 heteroatoms. The molecule has 1 aromatic rings. The van der Waals surface area contributed by atoms with Gasteiger partial charge in [-0.15, -0.1) is 0 Å². The lowest BCUT2D eigenvalue weighted by molar-refractivity contribution is -0.127. The summed E-state index contributed by atoms with van der Waals surface area (Å²) in [6.45, 7) is 1.10. The summed E-state index contributed by atoms with van der Waals surface area (Å²) < 4.78 is 0. The molecule has 160 valence electrons. The van der Waals surface area contributed by atoms with Gasteiger partial charge in [0.1, 0.15) is 0 Å². The Balaban J connectivity index is 1.52. The van der Waals surface area contributed by atoms with Crippen molar-refractivity contribution in [3.8, 4) is 0 Å². The van der Waals surface area contributed by atoms with Crippen LogP contribution >= 0.6 is 35.0 Å². The van der Waals surface area contributed by atoms with E-state index >= 15 is 0 Å². The lowest BCUT2D eigenvalue weighted by Gasteiger charge is -2.30. The van der Waals surface area contributed by atoms with Crippen molar-refractivity contribution < 1.29 is 19.2 Å². The number of hydrogen-bond acceptors (Lipinski definition) is 5. The van der Waals surface area contributed by atoms with Crippen molar-refractivity contribution in [2.75, 3.05) is 26.2 Å². The number of piperidine rings is 1. The maximum absolute atomic E-state index is 12.6. The molecule has 2 aliphatic rings. The van der Waals surface area contributed by atoms with Gasteiger partial charge >= 0.3 is 6.03 Å². The highest BCUT2D eigenvalue weighted by atomic mass is 35.5. The number of primary amides is 1. The minimum absolute atomic E-state index is 0.0717. The number of carbonyl (C=O) groups excluding carboxylic acids is 4. The summed E-state index contributed by atoms with van der Waals surface area (Å²) in [6, 6.07) is 4.39. The third kappa shape index (κ3) is 5.27. The van der Waals surface area contributed by atoms with Gasteiger partial charge in [-0.2, -0.15) is 0 Å². The van der Waals surface area contributed by atoms with Gasteiger partial charge < -0.3 is 16.0 Å². The fourth-order valence-electron chi connectivity index (χ4n) is 3.25. The summed E-state index contributed by atoms with van der Waals surface area (Å²) in [5.41, 5.74) is 5.82. The number of hydrogen-bond donors (Lipinski definition) is 2. The molecular weight excluding hydrogens is 451 g/mol. The van der Waals surface area contributed by atoms with E-state index in [1.54, 1.807) is 24.3 Å². The maximum Gasteiger partial charge on any atom is 0.314 e. The van der Waals surface area contributed by atoms with Gasteiger partial charge in [0, 0.05) is 42.1 Å². The minimum Gasteiger partial charge on any atom is -0.354 e. The monoisotopic (exact) mass is 470 g/mol. The first-order valence-corrected chi connectivity index (χ1v) is 10.9. The quantitative estimate of drug-likeness (QED) is 0.642. The van der Waals surface area contributed by atoms with E-state index in [1.165, 1.54) is 4.90 Å². The van der Waals surface area contributed by atoms with Crippen molar-refractivity contribution in [3.63, 3.8) is 0 Å². The first kappa shape index (κ1) is 22.5. The highest BCUT2D eigenvalue weighted by molar-refractivity contribution is 8.18. The highest BCUT2D eigenvalue weighted by Crippen LogP contribution is 2.33. The molecule has 0 aliphatic carbocycles. The predicted molar refractivity (Wildman–Crippen MR) is 116 cm³/mol. The van der Waals surface area contributed by atoms with E-state index in [9.17, 15) is 19.2 Å². The second kappa shape index (κ2) is 9.72. The van der Waals surface area contributed by atoms with Crippen LogP contribution in [0.3, 0.4) is 0 Å². The summed E-state index contributed by atoms with van der Waals surface area (Å²) in [5, 5.41) is 3.21. The van der Waals surface area contributed by atoms with E-state index in [-0.39, 0.29) is 29.8 Å². The van der Waals surface area contributed by atoms with Gasteiger partial charge in [-0.05, 0) is 48.4 Å². The Bertz CT molecular complexity index is 916. The SMILES string of the molecule is NC(=O)N1CCC(C(=O)NCCN2C(=O)SC(=Cc3ccc(Cl)cc3Cl)C2=O)CC1. The predicted octanol–water partition coefficient (Wildman–Crippen LogP) is 2.94. The minimum atomic E-state index is -0.485. The summed E-state index contributed by atoms with van der Waals surface area (Å²) in [7, 11) is 0. The van der Waals surface area contributed by atoms with Crippen LogP contribution in [0.4, 0.5) is 9.59 Å². The van der Waals surface area contributed by atoms with E-state index in [0.29, 0.717) is 41.5 Å². The highest BCUT2D eigenvalue weighted by Gasteiger charge is 2.35. The summed E-state index contributed by atoms with van der Waals surface area (Å²) >= 11 is 12.8. The average molecular weight is 471 g/mol. The van der Waals surface area contributed by atoms with Crippen molar-refractivity contribution in [1.82, 2.24) is 15.1 Å². The number of halogens is 2. The molecule has 0 spiro atoms. The number of nitrogens with zero attached hydrogens (tertiary/aromatic N) is 2. The number of likely N-dealkylation sites (tertiary alicyclic amines) is 1. The van der Waals surface area contributed by atoms with Crippen LogP contribution in [0.25, 0.3) is 6.08 Å². The standard InChI is InChI=1S/C19H20Cl2N4O4S/c20-13-2-1-12(14(21)10-13)9-15-17(27)25(19(29)30-15)8-5-23-16(26)11-3-6-24(7-4-11)18(22)28/h1-2,9-11H,3-8H2,(H2,22,28)(H,23,26). The smallest absolute Gasteiger partial charge is 0.314 e. The Labute approximate surface area is 187 Å². The Kier molecular flexibility index (Phi) is 7.27. The molecule has 2 heterocycles. The van der Waals surface area contributed by atoms with Crippen molar-refractivity contribution in [3.05, 3.63) is 38.7 Å². The van der Waals surface area contributed by atoms with Crippen molar-refractivity contribution in [1.29, 1.82) is 0 Å². The van der Waals surface area contributed by atoms with Crippen molar-refractivity contribution >= 4 is 64.1 Å². The topological polar surface area (TPSA) is 113 Å². The molecule has 5 amide bonds. The molecular formula is C19H20Cl2N4O4S. The van der Waals surface area contributed by atoms with E-state index in [1.807, 2.05) is 0 Å². The normalized spacial score (nSPS) is 18.9. The zero-order chi connectivity index (χ0) is 21.8. The number of urea groups is 1. The van der Waals surface area contributed by atoms with Gasteiger partial charge in [-0.3, -0.25) is 19.3 Å². The molecule has 0 radical (unpaired) electrons. The first-order chi connectivity index (χ1) is 14.3. The zero-order valence-corrected chi connectivity index (χ0v) is 18.2. The van der Waals surface area contributed by atoms with Crippen LogP contribution in [-0.2, 0) is 9.59 Å². The van der Waals surface area contributed by atoms with Gasteiger partial charge in [0.2, 0.25) is 5.91 Å². The molecule has 0 bridgehead atoms. The van der Waals surface area contributed by atoms with Crippen LogP contribution in [0.1, 0.15) is 18.4 Å². The molecule has 0 atom stereocenters. The molecule has 3 rings (SSSR count). The fraction of sp³-hybridized carbons (Fsp3) is 0.368. The Morgan fingerprint density at radius 3 is 2.57 bits per heavy atom. The largest absolute Gasteiger partial charge is 0.354 e. The number of thioether (sulfide) groups is 1. The zero-order valence-electron chi connectivity index (χ0n) is 15.9. The molecule has 8 nitrogen and oxygen atoms in total. The molecule has 3 N–H and O–H groups in total. The number of rotatable bonds is 5. The summed E-state index contributed by atoms with van der Waals surface area (Å²) in [6.07, 6.45) is 2.61. The van der Waals surface area contributed by atoms with Gasteiger partial charge in [0.25, 0.3) is 11.1 Å². The molecule has 0 saturated carbocycles. The molecule has 2 saturated heterocycles. The number of benzene rings is 1. The number of nitrogens with one attached hydrogen (secondary N) is 1. The van der Waals surface area contributed by atoms with Crippen LogP contribution in [0, 0.1) is 5.92 Å². The van der Waals surface area contributed by atoms with E-state index in [2.05, 4.69) is 5.32 Å². The fourth-order valence-corrected chi connectivity index (χ4v) is 4.57. The van der Waals surface area contributed by atoms with Crippen LogP contribution in [0.5, 0.6) is 0 Å². The van der Waals surface area contributed by atoms with Crippen LogP contribution in [0.15, 0.2) is 23.1 Å². The molecule has 2 fully saturated rings. The Morgan fingerprint density at radius 2 is 1.93 bits per heavy atom. The van der Waals surface area contributed by atoms with Gasteiger partial charge in [0.15, 0.2) is 0 Å². The number of amides is 5. The lowest BCUT2D eigenvalue weighted by atomic mass is 9.96. The molecule has 0 aromatic heterocycles. The molecule has 2 aliphatic heterocycles.